The van der Waals surface area contributed by atoms with Gasteiger partial charge < -0.3 is 10.2 Å². The minimum absolute atomic E-state index is 0.119. The maximum absolute atomic E-state index is 13.0. The highest BCUT2D eigenvalue weighted by atomic mass is 79.9. The molecule has 0 fully saturated rings. The Bertz CT molecular complexity index is 782. The van der Waals surface area contributed by atoms with Crippen LogP contribution in [0.1, 0.15) is 25.0 Å². The van der Waals surface area contributed by atoms with Gasteiger partial charge in [0.15, 0.2) is 0 Å². The van der Waals surface area contributed by atoms with Crippen molar-refractivity contribution in [1.29, 1.82) is 0 Å². The van der Waals surface area contributed by atoms with E-state index in [0.717, 1.165) is 15.6 Å². The molecular weight excluding hydrogens is 416 g/mol. The molecule has 26 heavy (non-hydrogen) atoms. The van der Waals surface area contributed by atoms with Gasteiger partial charge in [-0.3, -0.25) is 9.59 Å². The second-order valence-electron chi connectivity index (χ2n) is 6.03. The lowest BCUT2D eigenvalue weighted by Gasteiger charge is -2.29. The molecule has 0 spiro atoms. The molecule has 4 nitrogen and oxygen atoms in total. The first-order chi connectivity index (χ1) is 12.4. The number of likely N-dealkylation sites (N-methyl/N-ethyl adjacent to an activating group) is 1. The number of carbonyl (C=O) groups excluding carboxylic acids is 2. The number of carbonyl (C=O) groups is 2. The molecule has 0 aromatic heterocycles. The number of halogens is 2. The number of hydrogen-bond acceptors (Lipinski definition) is 2. The van der Waals surface area contributed by atoms with E-state index in [-0.39, 0.29) is 18.2 Å². The van der Waals surface area contributed by atoms with Crippen LogP contribution in [0, 0.1) is 0 Å². The molecule has 2 rings (SSSR count). The van der Waals surface area contributed by atoms with E-state index >= 15 is 0 Å². The standard InChI is InChI=1S/C20H22BrClN2O2/c1-3-23-20(26)14(2)24(13-16-7-4-8-17(21)10-16)19(25)12-15-6-5-9-18(22)11-15/h4-11,14H,3,12-13H2,1-2H3,(H,23,26)/t14-/m0/s1. The number of nitrogens with zero attached hydrogens (tertiary/aromatic N) is 1. The van der Waals surface area contributed by atoms with Crippen LogP contribution in [0.5, 0.6) is 0 Å². The summed E-state index contributed by atoms with van der Waals surface area (Å²) in [6.45, 7) is 4.49. The Kier molecular flexibility index (Phi) is 7.66. The Balaban J connectivity index is 2.23. The van der Waals surface area contributed by atoms with Crippen molar-refractivity contribution >= 4 is 39.3 Å². The Morgan fingerprint density at radius 2 is 1.85 bits per heavy atom. The van der Waals surface area contributed by atoms with Gasteiger partial charge in [-0.2, -0.15) is 0 Å². The second-order valence-corrected chi connectivity index (χ2v) is 7.38. The Morgan fingerprint density at radius 3 is 2.50 bits per heavy atom. The SMILES string of the molecule is CCNC(=O)[C@H](C)N(Cc1cccc(Br)c1)C(=O)Cc1cccc(Cl)c1. The van der Waals surface area contributed by atoms with E-state index in [1.165, 1.54) is 0 Å². The van der Waals surface area contributed by atoms with Crippen molar-refractivity contribution in [3.63, 3.8) is 0 Å². The fourth-order valence-corrected chi connectivity index (χ4v) is 3.32. The minimum atomic E-state index is -0.569. The van der Waals surface area contributed by atoms with Gasteiger partial charge in [-0.25, -0.2) is 0 Å². The molecule has 0 aliphatic heterocycles. The zero-order chi connectivity index (χ0) is 19.1. The van der Waals surface area contributed by atoms with Crippen LogP contribution in [0.4, 0.5) is 0 Å². The second kappa shape index (κ2) is 9.74. The number of amides is 2. The molecule has 0 aliphatic carbocycles. The first kappa shape index (κ1) is 20.5. The van der Waals surface area contributed by atoms with Crippen LogP contribution < -0.4 is 5.32 Å². The number of rotatable bonds is 7. The summed E-state index contributed by atoms with van der Waals surface area (Å²) in [6.07, 6.45) is 0.193. The molecule has 2 aromatic rings. The Morgan fingerprint density at radius 1 is 1.15 bits per heavy atom. The molecule has 0 unspecified atom stereocenters. The van der Waals surface area contributed by atoms with Gasteiger partial charge in [-0.15, -0.1) is 0 Å². The molecule has 2 amide bonds. The van der Waals surface area contributed by atoms with E-state index in [2.05, 4.69) is 21.2 Å². The largest absolute Gasteiger partial charge is 0.355 e. The average Bonchev–Trinajstić information content (AvgIpc) is 2.59. The van der Waals surface area contributed by atoms with Crippen LogP contribution in [0.15, 0.2) is 53.0 Å². The van der Waals surface area contributed by atoms with Gasteiger partial charge in [0.05, 0.1) is 6.42 Å². The van der Waals surface area contributed by atoms with Crippen molar-refractivity contribution in [2.24, 2.45) is 0 Å². The van der Waals surface area contributed by atoms with Crippen LogP contribution in [-0.4, -0.2) is 29.3 Å². The van der Waals surface area contributed by atoms with Crippen molar-refractivity contribution in [1.82, 2.24) is 10.2 Å². The van der Waals surface area contributed by atoms with Crippen LogP contribution in [-0.2, 0) is 22.6 Å². The Labute approximate surface area is 167 Å². The van der Waals surface area contributed by atoms with Crippen LogP contribution >= 0.6 is 27.5 Å². The van der Waals surface area contributed by atoms with Crippen molar-refractivity contribution in [2.75, 3.05) is 6.54 Å². The molecule has 0 heterocycles. The van der Waals surface area contributed by atoms with Gasteiger partial charge in [0.2, 0.25) is 11.8 Å². The Hall–Kier alpha value is -1.85. The summed E-state index contributed by atoms with van der Waals surface area (Å²) in [5.74, 6) is -0.284. The molecule has 1 N–H and O–H groups in total. The zero-order valence-corrected chi connectivity index (χ0v) is 17.2. The van der Waals surface area contributed by atoms with Crippen molar-refractivity contribution in [2.45, 2.75) is 32.9 Å². The van der Waals surface area contributed by atoms with Gasteiger partial charge in [0.1, 0.15) is 6.04 Å². The van der Waals surface area contributed by atoms with E-state index < -0.39 is 6.04 Å². The molecule has 1 atom stereocenters. The maximum atomic E-state index is 13.0. The third-order valence-corrected chi connectivity index (χ3v) is 4.73. The van der Waals surface area contributed by atoms with Crippen LogP contribution in [0.25, 0.3) is 0 Å². The number of hydrogen-bond donors (Lipinski definition) is 1. The number of benzene rings is 2. The van der Waals surface area contributed by atoms with Crippen LogP contribution in [0.2, 0.25) is 5.02 Å². The average molecular weight is 438 g/mol. The van der Waals surface area contributed by atoms with Gasteiger partial charge in [0, 0.05) is 22.6 Å². The van der Waals surface area contributed by atoms with Crippen molar-refractivity contribution in [3.8, 4) is 0 Å². The van der Waals surface area contributed by atoms with Crippen molar-refractivity contribution < 1.29 is 9.59 Å². The monoisotopic (exact) mass is 436 g/mol. The first-order valence-electron chi connectivity index (χ1n) is 8.46. The quantitative estimate of drug-likeness (QED) is 0.706. The van der Waals surface area contributed by atoms with Gasteiger partial charge in [-0.1, -0.05) is 51.8 Å². The fourth-order valence-electron chi connectivity index (χ4n) is 2.66. The lowest BCUT2D eigenvalue weighted by molar-refractivity contribution is -0.140. The summed E-state index contributed by atoms with van der Waals surface area (Å²) in [7, 11) is 0. The minimum Gasteiger partial charge on any atom is -0.355 e. The summed E-state index contributed by atoms with van der Waals surface area (Å²) in [5.41, 5.74) is 1.78. The summed E-state index contributed by atoms with van der Waals surface area (Å²) in [5, 5.41) is 3.38. The predicted octanol–water partition coefficient (Wildman–Crippen LogP) is 4.20. The van der Waals surface area contributed by atoms with Gasteiger partial charge >= 0.3 is 0 Å². The maximum Gasteiger partial charge on any atom is 0.242 e. The predicted molar refractivity (Wildman–Crippen MR) is 108 cm³/mol. The van der Waals surface area contributed by atoms with Crippen LogP contribution in [0.3, 0.4) is 0 Å². The summed E-state index contributed by atoms with van der Waals surface area (Å²) in [6, 6.07) is 14.4. The lowest BCUT2D eigenvalue weighted by atomic mass is 10.1. The third kappa shape index (κ3) is 5.85. The summed E-state index contributed by atoms with van der Waals surface area (Å²) in [4.78, 5) is 26.9. The molecule has 6 heteroatoms. The highest BCUT2D eigenvalue weighted by Gasteiger charge is 2.25. The molecule has 138 valence electrons. The molecule has 2 aromatic carbocycles. The summed E-state index contributed by atoms with van der Waals surface area (Å²) >= 11 is 9.46. The van der Waals surface area contributed by atoms with E-state index in [9.17, 15) is 9.59 Å². The van der Waals surface area contributed by atoms with Gasteiger partial charge in [0.25, 0.3) is 0 Å². The normalized spacial score (nSPS) is 11.7. The highest BCUT2D eigenvalue weighted by molar-refractivity contribution is 9.10. The van der Waals surface area contributed by atoms with E-state index in [1.807, 2.05) is 43.3 Å². The fraction of sp³-hybridized carbons (Fsp3) is 0.300. The molecule has 0 saturated heterocycles. The van der Waals surface area contributed by atoms with E-state index in [1.54, 1.807) is 24.0 Å². The topological polar surface area (TPSA) is 49.4 Å². The molecular formula is C20H22BrClN2O2. The van der Waals surface area contributed by atoms with E-state index in [4.69, 9.17) is 11.6 Å². The zero-order valence-electron chi connectivity index (χ0n) is 14.8. The molecule has 0 radical (unpaired) electrons. The first-order valence-corrected chi connectivity index (χ1v) is 9.64. The van der Waals surface area contributed by atoms with Crippen molar-refractivity contribution in [3.05, 3.63) is 69.2 Å². The van der Waals surface area contributed by atoms with E-state index in [0.29, 0.717) is 18.1 Å². The lowest BCUT2D eigenvalue weighted by Crippen LogP contribution is -2.48. The van der Waals surface area contributed by atoms with Gasteiger partial charge in [-0.05, 0) is 49.2 Å². The summed E-state index contributed by atoms with van der Waals surface area (Å²) < 4.78 is 0.933. The third-order valence-electron chi connectivity index (χ3n) is 4.00. The molecule has 0 aliphatic rings. The molecule has 0 bridgehead atoms. The highest BCUT2D eigenvalue weighted by Crippen LogP contribution is 2.17. The number of nitrogens with one attached hydrogen (secondary N) is 1. The smallest absolute Gasteiger partial charge is 0.242 e. The molecule has 0 saturated carbocycles.